The van der Waals surface area contributed by atoms with Gasteiger partial charge in [0.05, 0.1) is 0 Å². The van der Waals surface area contributed by atoms with Crippen molar-refractivity contribution in [1.29, 1.82) is 0 Å². The Balaban J connectivity index is 3.40. The molecule has 0 saturated carbocycles. The molecule has 0 aromatic heterocycles. The summed E-state index contributed by atoms with van der Waals surface area (Å²) in [5, 5.41) is 0. The molecule has 0 spiro atoms. The Bertz CT molecular complexity index is 73.1. The summed E-state index contributed by atoms with van der Waals surface area (Å²) in [4.78, 5) is 0. The Morgan fingerprint density at radius 3 is 1.75 bits per heavy atom. The minimum atomic E-state index is 0.961. The van der Waals surface area contributed by atoms with E-state index in [1.807, 2.05) is 0 Å². The zero-order valence-electron chi connectivity index (χ0n) is 8.68. The van der Waals surface area contributed by atoms with Gasteiger partial charge in [-0.3, -0.25) is 0 Å². The highest BCUT2D eigenvalue weighted by atomic mass is 32.1. The van der Waals surface area contributed by atoms with Crippen molar-refractivity contribution in [2.24, 2.45) is 5.92 Å². The van der Waals surface area contributed by atoms with Crippen LogP contribution in [0.25, 0.3) is 0 Å². The van der Waals surface area contributed by atoms with E-state index in [2.05, 4.69) is 26.5 Å². The van der Waals surface area contributed by atoms with E-state index in [-0.39, 0.29) is 0 Å². The number of rotatable bonds is 8. The Labute approximate surface area is 83.5 Å². The fraction of sp³-hybridized carbons (Fsp3) is 1.00. The van der Waals surface area contributed by atoms with Crippen molar-refractivity contribution >= 4 is 12.6 Å². The van der Waals surface area contributed by atoms with E-state index < -0.39 is 0 Å². The average Bonchev–Trinajstić information content (AvgIpc) is 2.10. The van der Waals surface area contributed by atoms with Crippen molar-refractivity contribution in [2.75, 3.05) is 5.75 Å². The van der Waals surface area contributed by atoms with Crippen LogP contribution in [0.3, 0.4) is 0 Å². The first-order valence-corrected chi connectivity index (χ1v) is 6.09. The van der Waals surface area contributed by atoms with Gasteiger partial charge >= 0.3 is 0 Å². The Hall–Kier alpha value is 0.350. The molecular formula is C11H24S. The van der Waals surface area contributed by atoms with E-state index in [1.165, 1.54) is 44.9 Å². The van der Waals surface area contributed by atoms with E-state index in [0.29, 0.717) is 0 Å². The fourth-order valence-corrected chi connectivity index (χ4v) is 1.97. The zero-order valence-corrected chi connectivity index (χ0v) is 9.58. The van der Waals surface area contributed by atoms with Gasteiger partial charge in [-0.05, 0) is 18.1 Å². The number of hydrogen-bond acceptors (Lipinski definition) is 1. The molecule has 0 aliphatic rings. The summed E-state index contributed by atoms with van der Waals surface area (Å²) in [6.45, 7) is 4.55. The van der Waals surface area contributed by atoms with E-state index in [1.54, 1.807) is 0 Å². The van der Waals surface area contributed by atoms with Crippen molar-refractivity contribution in [3.63, 3.8) is 0 Å². The van der Waals surface area contributed by atoms with E-state index in [0.717, 1.165) is 11.7 Å². The summed E-state index contributed by atoms with van der Waals surface area (Å²) in [5.74, 6) is 2.03. The summed E-state index contributed by atoms with van der Waals surface area (Å²) in [7, 11) is 0. The number of hydrogen-bond donors (Lipinski definition) is 1. The first kappa shape index (κ1) is 12.3. The second-order valence-electron chi connectivity index (χ2n) is 3.66. The molecule has 0 atom stereocenters. The van der Waals surface area contributed by atoms with Crippen LogP contribution in [0.15, 0.2) is 0 Å². The van der Waals surface area contributed by atoms with Gasteiger partial charge in [0.1, 0.15) is 0 Å². The quantitative estimate of drug-likeness (QED) is 0.539. The molecule has 0 aromatic rings. The van der Waals surface area contributed by atoms with Gasteiger partial charge in [0, 0.05) is 0 Å². The maximum absolute atomic E-state index is 4.30. The smallest absolute Gasteiger partial charge is 0.00953 e. The molecule has 0 radical (unpaired) electrons. The van der Waals surface area contributed by atoms with Crippen LogP contribution in [0.5, 0.6) is 0 Å². The molecule has 0 heterocycles. The average molecular weight is 188 g/mol. The summed E-state index contributed by atoms with van der Waals surface area (Å²) >= 11 is 4.30. The lowest BCUT2D eigenvalue weighted by atomic mass is 9.94. The third-order valence-electron chi connectivity index (χ3n) is 2.47. The lowest BCUT2D eigenvalue weighted by molar-refractivity contribution is 0.411. The molecule has 0 rings (SSSR count). The van der Waals surface area contributed by atoms with Crippen molar-refractivity contribution in [2.45, 2.75) is 58.8 Å². The summed E-state index contributed by atoms with van der Waals surface area (Å²) in [5.41, 5.74) is 0. The fourth-order valence-electron chi connectivity index (χ4n) is 1.60. The molecule has 12 heavy (non-hydrogen) atoms. The van der Waals surface area contributed by atoms with Crippen LogP contribution >= 0.6 is 12.6 Å². The SMILES string of the molecule is CCCCC(CCS)CCCC. The zero-order chi connectivity index (χ0) is 9.23. The summed E-state index contributed by atoms with van der Waals surface area (Å²) in [6.07, 6.45) is 9.67. The second kappa shape index (κ2) is 9.44. The second-order valence-corrected chi connectivity index (χ2v) is 4.11. The molecule has 1 heteroatoms. The largest absolute Gasteiger partial charge is 0.179 e. The summed E-state index contributed by atoms with van der Waals surface area (Å²) in [6, 6.07) is 0. The Kier molecular flexibility index (Phi) is 9.71. The Morgan fingerprint density at radius 1 is 0.917 bits per heavy atom. The van der Waals surface area contributed by atoms with E-state index in [9.17, 15) is 0 Å². The predicted molar refractivity (Wildman–Crippen MR) is 61.0 cm³/mol. The number of unbranched alkanes of at least 4 members (excludes halogenated alkanes) is 2. The monoisotopic (exact) mass is 188 g/mol. The van der Waals surface area contributed by atoms with Gasteiger partial charge in [0.15, 0.2) is 0 Å². The molecule has 74 valence electrons. The first-order valence-electron chi connectivity index (χ1n) is 5.46. The lowest BCUT2D eigenvalue weighted by Crippen LogP contribution is -2.01. The third kappa shape index (κ3) is 7.02. The molecule has 0 saturated heterocycles. The van der Waals surface area contributed by atoms with Crippen molar-refractivity contribution < 1.29 is 0 Å². The molecule has 0 nitrogen and oxygen atoms in total. The van der Waals surface area contributed by atoms with E-state index >= 15 is 0 Å². The van der Waals surface area contributed by atoms with Gasteiger partial charge in [0.2, 0.25) is 0 Å². The number of thiol groups is 1. The van der Waals surface area contributed by atoms with Crippen LogP contribution in [0.1, 0.15) is 58.8 Å². The molecule has 0 amide bonds. The van der Waals surface area contributed by atoms with Gasteiger partial charge in [0.25, 0.3) is 0 Å². The predicted octanol–water partition coefficient (Wildman–Crippen LogP) is 4.30. The first-order chi connectivity index (χ1) is 5.85. The van der Waals surface area contributed by atoms with Crippen LogP contribution in [0, 0.1) is 5.92 Å². The molecule has 0 aliphatic carbocycles. The topological polar surface area (TPSA) is 0 Å². The molecule has 0 N–H and O–H groups in total. The van der Waals surface area contributed by atoms with Crippen LogP contribution in [0.2, 0.25) is 0 Å². The highest BCUT2D eigenvalue weighted by Crippen LogP contribution is 2.19. The standard InChI is InChI=1S/C11H24S/c1-3-5-7-11(9-10-12)8-6-4-2/h11-12H,3-10H2,1-2H3. The Morgan fingerprint density at radius 2 is 1.42 bits per heavy atom. The van der Waals surface area contributed by atoms with Gasteiger partial charge in [-0.2, -0.15) is 12.6 Å². The molecule has 0 aromatic carbocycles. The maximum atomic E-state index is 4.30. The molecule has 0 bridgehead atoms. The minimum Gasteiger partial charge on any atom is -0.179 e. The van der Waals surface area contributed by atoms with Crippen LogP contribution in [0.4, 0.5) is 0 Å². The van der Waals surface area contributed by atoms with Crippen molar-refractivity contribution in [3.8, 4) is 0 Å². The van der Waals surface area contributed by atoms with Crippen LogP contribution in [-0.2, 0) is 0 Å². The highest BCUT2D eigenvalue weighted by molar-refractivity contribution is 7.80. The third-order valence-corrected chi connectivity index (χ3v) is 2.73. The lowest BCUT2D eigenvalue weighted by Gasteiger charge is -2.14. The van der Waals surface area contributed by atoms with Gasteiger partial charge in [-0.15, -0.1) is 0 Å². The molecule has 0 fully saturated rings. The highest BCUT2D eigenvalue weighted by Gasteiger charge is 2.05. The molecule has 0 unspecified atom stereocenters. The molecular weight excluding hydrogens is 164 g/mol. The molecule has 0 aliphatic heterocycles. The van der Waals surface area contributed by atoms with Crippen LogP contribution in [-0.4, -0.2) is 5.75 Å². The van der Waals surface area contributed by atoms with Gasteiger partial charge < -0.3 is 0 Å². The normalized spacial score (nSPS) is 11.0. The van der Waals surface area contributed by atoms with Gasteiger partial charge in [-0.25, -0.2) is 0 Å². The van der Waals surface area contributed by atoms with E-state index in [4.69, 9.17) is 0 Å². The minimum absolute atomic E-state index is 0.961. The van der Waals surface area contributed by atoms with Gasteiger partial charge in [-0.1, -0.05) is 52.4 Å². The maximum Gasteiger partial charge on any atom is -0.00953 e. The van der Waals surface area contributed by atoms with Crippen molar-refractivity contribution in [3.05, 3.63) is 0 Å². The summed E-state index contributed by atoms with van der Waals surface area (Å²) < 4.78 is 0. The van der Waals surface area contributed by atoms with Crippen LogP contribution < -0.4 is 0 Å². The van der Waals surface area contributed by atoms with Crippen molar-refractivity contribution in [1.82, 2.24) is 0 Å².